The minimum Gasteiger partial charge on any atom is -0.716 e. The number of rotatable bonds is 5. The molecule has 0 saturated heterocycles. The first-order valence-electron chi connectivity index (χ1n) is 7.29. The SMILES string of the molecule is C.C.O=c1c(-c2ccc(OS(=O)(=O)[O-])c([N+](=O)[O-])c2)coc2cc(CO)ccc12.[Na+]. The van der Waals surface area contributed by atoms with Crippen molar-refractivity contribution in [1.82, 2.24) is 0 Å². The maximum absolute atomic E-state index is 12.7. The van der Waals surface area contributed by atoms with E-state index in [4.69, 9.17) is 9.52 Å². The Morgan fingerprint density at radius 2 is 1.80 bits per heavy atom. The fourth-order valence-corrected chi connectivity index (χ4v) is 2.84. The standard InChI is InChI=1S/C16H11NO9S.2CH4.Na/c18-7-9-1-3-11-15(5-9)25-8-12(16(11)19)10-2-4-14(26-27(22,23)24)13(6-10)17(20)21;;;/h1-6,8,18H,7H2,(H,22,23,24);2*1H4;/q;;;+1/p-1. The molecule has 0 atom stereocenters. The van der Waals surface area contributed by atoms with Crippen LogP contribution in [0.4, 0.5) is 5.69 Å². The van der Waals surface area contributed by atoms with Crippen molar-refractivity contribution in [3.63, 3.8) is 0 Å². The number of aliphatic hydroxyl groups excluding tert-OH is 1. The molecule has 0 aliphatic rings. The normalized spacial score (nSPS) is 10.3. The van der Waals surface area contributed by atoms with Crippen LogP contribution in [0, 0.1) is 10.1 Å². The van der Waals surface area contributed by atoms with Crippen LogP contribution in [-0.2, 0) is 17.0 Å². The Morgan fingerprint density at radius 3 is 2.37 bits per heavy atom. The molecule has 0 aliphatic carbocycles. The summed E-state index contributed by atoms with van der Waals surface area (Å²) >= 11 is 0. The van der Waals surface area contributed by atoms with Gasteiger partial charge in [-0.1, -0.05) is 20.9 Å². The summed E-state index contributed by atoms with van der Waals surface area (Å²) in [6.45, 7) is -0.238. The molecular formula is C18H18NNaO9S. The number of hydrogen-bond donors (Lipinski definition) is 1. The van der Waals surface area contributed by atoms with Gasteiger partial charge in [-0.25, -0.2) is 8.42 Å². The van der Waals surface area contributed by atoms with Gasteiger partial charge in [0.25, 0.3) is 10.4 Å². The summed E-state index contributed by atoms with van der Waals surface area (Å²) < 4.78 is 41.5. The van der Waals surface area contributed by atoms with Gasteiger partial charge in [0, 0.05) is 6.07 Å². The fourth-order valence-electron chi connectivity index (χ4n) is 2.48. The molecule has 0 aliphatic heterocycles. The number of benzene rings is 2. The van der Waals surface area contributed by atoms with Crippen LogP contribution >= 0.6 is 0 Å². The number of nitro benzene ring substituents is 1. The zero-order chi connectivity index (χ0) is 19.8. The van der Waals surface area contributed by atoms with E-state index in [2.05, 4.69) is 4.18 Å². The third-order valence-electron chi connectivity index (χ3n) is 3.68. The first-order chi connectivity index (χ1) is 12.7. The molecule has 0 saturated carbocycles. The Morgan fingerprint density at radius 1 is 1.13 bits per heavy atom. The molecule has 0 unspecified atom stereocenters. The number of hydrogen-bond acceptors (Lipinski definition) is 9. The molecule has 3 aromatic rings. The van der Waals surface area contributed by atoms with Crippen LogP contribution in [0.15, 0.2) is 51.9 Å². The van der Waals surface area contributed by atoms with E-state index in [1.54, 1.807) is 0 Å². The molecule has 1 N–H and O–H groups in total. The van der Waals surface area contributed by atoms with E-state index in [1.165, 1.54) is 24.3 Å². The van der Waals surface area contributed by atoms with E-state index >= 15 is 0 Å². The molecule has 1 heterocycles. The third kappa shape index (κ3) is 5.88. The largest absolute Gasteiger partial charge is 1.00 e. The van der Waals surface area contributed by atoms with Gasteiger partial charge in [0.1, 0.15) is 11.8 Å². The van der Waals surface area contributed by atoms with Gasteiger partial charge in [-0.05, 0) is 35.4 Å². The van der Waals surface area contributed by atoms with Crippen molar-refractivity contribution in [2.45, 2.75) is 21.5 Å². The molecule has 12 heteroatoms. The Bertz CT molecular complexity index is 1220. The van der Waals surface area contributed by atoms with Crippen LogP contribution in [0.2, 0.25) is 0 Å². The van der Waals surface area contributed by atoms with Gasteiger partial charge < -0.3 is 18.3 Å². The minimum absolute atomic E-state index is 0. The minimum atomic E-state index is -5.21. The van der Waals surface area contributed by atoms with Gasteiger partial charge in [0.15, 0.2) is 5.43 Å². The van der Waals surface area contributed by atoms with Crippen molar-refractivity contribution in [3.8, 4) is 16.9 Å². The molecule has 0 amide bonds. The topological polar surface area (TPSA) is 160 Å². The summed E-state index contributed by atoms with van der Waals surface area (Å²) in [5.41, 5.74) is -0.475. The summed E-state index contributed by atoms with van der Waals surface area (Å²) in [7, 11) is -5.21. The van der Waals surface area contributed by atoms with Crippen LogP contribution in [0.1, 0.15) is 20.4 Å². The second-order valence-corrected chi connectivity index (χ2v) is 6.38. The monoisotopic (exact) mass is 447 g/mol. The third-order valence-corrected chi connectivity index (χ3v) is 4.06. The molecular weight excluding hydrogens is 429 g/mol. The number of aliphatic hydroxyl groups is 1. The smallest absolute Gasteiger partial charge is 0.716 e. The molecule has 2 aromatic carbocycles. The summed E-state index contributed by atoms with van der Waals surface area (Å²) in [4.78, 5) is 22.9. The summed E-state index contributed by atoms with van der Waals surface area (Å²) in [6.07, 6.45) is 1.09. The van der Waals surface area contributed by atoms with E-state index in [1.807, 2.05) is 0 Å². The quantitative estimate of drug-likeness (QED) is 0.186. The van der Waals surface area contributed by atoms with Gasteiger partial charge in [-0.2, -0.15) is 0 Å². The van der Waals surface area contributed by atoms with E-state index in [-0.39, 0.29) is 73.1 Å². The zero-order valence-electron chi connectivity index (χ0n) is 14.3. The average Bonchev–Trinajstić information content (AvgIpc) is 2.60. The summed E-state index contributed by atoms with van der Waals surface area (Å²) in [5, 5.41) is 20.5. The van der Waals surface area contributed by atoms with Gasteiger partial charge in [0.2, 0.25) is 5.75 Å². The van der Waals surface area contributed by atoms with Crippen molar-refractivity contribution < 1.29 is 61.2 Å². The second-order valence-electron chi connectivity index (χ2n) is 5.40. The molecule has 1 aromatic heterocycles. The van der Waals surface area contributed by atoms with Gasteiger partial charge in [-0.15, -0.1) is 0 Å². The second kappa shape index (κ2) is 10.7. The Kier molecular flexibility index (Phi) is 9.85. The van der Waals surface area contributed by atoms with Crippen molar-refractivity contribution in [3.05, 3.63) is 68.6 Å². The summed E-state index contributed by atoms with van der Waals surface area (Å²) in [6, 6.07) is 7.46. The van der Waals surface area contributed by atoms with E-state index in [9.17, 15) is 27.9 Å². The van der Waals surface area contributed by atoms with Crippen molar-refractivity contribution >= 4 is 27.1 Å². The molecule has 0 bridgehead atoms. The molecule has 0 fully saturated rings. The van der Waals surface area contributed by atoms with Crippen molar-refractivity contribution in [1.29, 1.82) is 0 Å². The molecule has 0 radical (unpaired) electrons. The first-order valence-corrected chi connectivity index (χ1v) is 8.62. The maximum Gasteiger partial charge on any atom is 1.00 e. The van der Waals surface area contributed by atoms with Crippen LogP contribution in [0.25, 0.3) is 22.1 Å². The predicted molar refractivity (Wildman–Crippen MR) is 104 cm³/mol. The number of nitrogens with zero attached hydrogens (tertiary/aromatic N) is 1. The van der Waals surface area contributed by atoms with Crippen molar-refractivity contribution in [2.24, 2.45) is 0 Å². The van der Waals surface area contributed by atoms with E-state index < -0.39 is 32.2 Å². The molecule has 0 spiro atoms. The Balaban J connectivity index is 0.00000280. The Labute approximate surface area is 194 Å². The van der Waals surface area contributed by atoms with Crippen LogP contribution < -0.4 is 39.2 Å². The van der Waals surface area contributed by atoms with Crippen LogP contribution in [0.3, 0.4) is 0 Å². The fraction of sp³-hybridized carbons (Fsp3) is 0.167. The van der Waals surface area contributed by atoms with Gasteiger partial charge in [0.05, 0.1) is 22.5 Å². The average molecular weight is 447 g/mol. The summed E-state index contributed by atoms with van der Waals surface area (Å²) in [5.74, 6) is -0.767. The van der Waals surface area contributed by atoms with E-state index in [0.29, 0.717) is 5.56 Å². The van der Waals surface area contributed by atoms with Gasteiger partial charge in [-0.3, -0.25) is 14.9 Å². The van der Waals surface area contributed by atoms with Crippen LogP contribution in [-0.4, -0.2) is 23.0 Å². The predicted octanol–water partition coefficient (Wildman–Crippen LogP) is -0.0243. The number of fused-ring (bicyclic) bond motifs is 1. The zero-order valence-corrected chi connectivity index (χ0v) is 17.1. The first kappa shape index (κ1) is 27.7. The molecule has 10 nitrogen and oxygen atoms in total. The molecule has 156 valence electrons. The Hall–Kier alpha value is -2.28. The molecule has 3 rings (SSSR count). The van der Waals surface area contributed by atoms with Gasteiger partial charge >= 0.3 is 35.2 Å². The van der Waals surface area contributed by atoms with E-state index in [0.717, 1.165) is 18.4 Å². The molecule has 30 heavy (non-hydrogen) atoms. The number of nitro groups is 1. The van der Waals surface area contributed by atoms with Crippen LogP contribution in [0.5, 0.6) is 5.75 Å². The maximum atomic E-state index is 12.7. The van der Waals surface area contributed by atoms with Crippen molar-refractivity contribution in [2.75, 3.05) is 0 Å².